The van der Waals surface area contributed by atoms with E-state index in [2.05, 4.69) is 0 Å². The summed E-state index contributed by atoms with van der Waals surface area (Å²) in [5.74, 6) is -0.732. The second kappa shape index (κ2) is 6.55. The molecule has 0 atom stereocenters. The normalized spacial score (nSPS) is 10.8. The predicted octanol–water partition coefficient (Wildman–Crippen LogP) is 3.63. The first-order valence-corrected chi connectivity index (χ1v) is 7.65. The van der Waals surface area contributed by atoms with Crippen molar-refractivity contribution in [1.82, 2.24) is 0 Å². The number of ether oxygens (including phenoxy) is 1. The Bertz CT molecular complexity index is 998. The van der Waals surface area contributed by atoms with Gasteiger partial charge >= 0.3 is 0 Å². The minimum absolute atomic E-state index is 0.127. The van der Waals surface area contributed by atoms with Crippen LogP contribution in [0.3, 0.4) is 0 Å². The number of fused-ring (bicyclic) bond motifs is 1. The zero-order valence-electron chi connectivity index (χ0n) is 12.2. The van der Waals surface area contributed by atoms with Crippen molar-refractivity contribution in [2.45, 2.75) is 0 Å². The van der Waals surface area contributed by atoms with E-state index in [1.54, 1.807) is 36.4 Å². The molecular formula is C17H11Cl2NO4. The fourth-order valence-electron chi connectivity index (χ4n) is 2.25. The Morgan fingerprint density at radius 1 is 1.17 bits per heavy atom. The summed E-state index contributed by atoms with van der Waals surface area (Å²) >= 11 is 12.1. The first-order chi connectivity index (χ1) is 11.5. The maximum absolute atomic E-state index is 12.8. The first-order valence-electron chi connectivity index (χ1n) is 6.89. The SMILES string of the molecule is NC(=O)COc1c(-c2ccccc2Cl)oc2ccc(Cl)cc2c1=O. The Labute approximate surface area is 146 Å². The van der Waals surface area contributed by atoms with Crippen LogP contribution in [0.2, 0.25) is 10.0 Å². The average Bonchev–Trinajstić information content (AvgIpc) is 2.55. The van der Waals surface area contributed by atoms with Crippen LogP contribution in [0.4, 0.5) is 0 Å². The fraction of sp³-hybridized carbons (Fsp3) is 0.0588. The van der Waals surface area contributed by atoms with Crippen LogP contribution in [0.5, 0.6) is 5.75 Å². The number of halogens is 2. The van der Waals surface area contributed by atoms with Crippen LogP contribution in [0.25, 0.3) is 22.3 Å². The van der Waals surface area contributed by atoms with E-state index in [-0.39, 0.29) is 16.9 Å². The van der Waals surface area contributed by atoms with Crippen molar-refractivity contribution in [3.63, 3.8) is 0 Å². The van der Waals surface area contributed by atoms with Crippen molar-refractivity contribution in [1.29, 1.82) is 0 Å². The summed E-state index contributed by atoms with van der Waals surface area (Å²) in [4.78, 5) is 23.8. The highest BCUT2D eigenvalue weighted by molar-refractivity contribution is 6.33. The quantitative estimate of drug-likeness (QED) is 0.766. The number of nitrogens with two attached hydrogens (primary N) is 1. The highest BCUT2D eigenvalue weighted by Gasteiger charge is 2.20. The smallest absolute Gasteiger partial charge is 0.255 e. The molecule has 0 saturated carbocycles. The van der Waals surface area contributed by atoms with Gasteiger partial charge in [0.25, 0.3) is 5.91 Å². The maximum Gasteiger partial charge on any atom is 0.255 e. The van der Waals surface area contributed by atoms with Gasteiger partial charge in [-0.15, -0.1) is 0 Å². The molecule has 0 unspecified atom stereocenters. The molecule has 122 valence electrons. The van der Waals surface area contributed by atoms with Crippen molar-refractivity contribution < 1.29 is 13.9 Å². The van der Waals surface area contributed by atoms with Gasteiger partial charge < -0.3 is 14.9 Å². The molecule has 0 bridgehead atoms. The second-order valence-corrected chi connectivity index (χ2v) is 5.81. The van der Waals surface area contributed by atoms with Gasteiger partial charge in [0.05, 0.1) is 10.4 Å². The Hall–Kier alpha value is -2.50. The molecule has 7 heteroatoms. The third-order valence-electron chi connectivity index (χ3n) is 3.29. The van der Waals surface area contributed by atoms with Crippen molar-refractivity contribution in [2.24, 2.45) is 5.73 Å². The number of rotatable bonds is 4. The van der Waals surface area contributed by atoms with Crippen molar-refractivity contribution in [3.8, 4) is 17.1 Å². The van der Waals surface area contributed by atoms with Gasteiger partial charge in [0.1, 0.15) is 5.58 Å². The Balaban J connectivity index is 2.31. The van der Waals surface area contributed by atoms with Gasteiger partial charge in [-0.2, -0.15) is 0 Å². The summed E-state index contributed by atoms with van der Waals surface area (Å²) in [5, 5.41) is 0.983. The van der Waals surface area contributed by atoms with Gasteiger partial charge in [-0.3, -0.25) is 9.59 Å². The molecule has 3 rings (SSSR count). The fourth-order valence-corrected chi connectivity index (χ4v) is 2.64. The number of primary amides is 1. The van der Waals surface area contributed by atoms with Crippen LogP contribution in [-0.4, -0.2) is 12.5 Å². The number of hydrogen-bond donors (Lipinski definition) is 1. The Kier molecular flexibility index (Phi) is 4.46. The lowest BCUT2D eigenvalue weighted by Gasteiger charge is -2.11. The summed E-state index contributed by atoms with van der Waals surface area (Å²) in [7, 11) is 0. The number of amides is 1. The molecule has 0 radical (unpaired) electrons. The molecule has 1 heterocycles. The van der Waals surface area contributed by atoms with Gasteiger partial charge in [-0.25, -0.2) is 0 Å². The summed E-state index contributed by atoms with van der Waals surface area (Å²) < 4.78 is 11.1. The van der Waals surface area contributed by atoms with Crippen molar-refractivity contribution in [3.05, 3.63) is 62.7 Å². The zero-order valence-corrected chi connectivity index (χ0v) is 13.7. The van der Waals surface area contributed by atoms with Gasteiger partial charge in [0.2, 0.25) is 11.2 Å². The molecule has 0 aliphatic carbocycles. The molecule has 1 amide bonds. The van der Waals surface area contributed by atoms with E-state index in [9.17, 15) is 9.59 Å². The molecule has 0 aliphatic rings. The Morgan fingerprint density at radius 2 is 1.92 bits per heavy atom. The maximum atomic E-state index is 12.8. The number of hydrogen-bond acceptors (Lipinski definition) is 4. The minimum atomic E-state index is -0.717. The highest BCUT2D eigenvalue weighted by atomic mass is 35.5. The standard InChI is InChI=1S/C17H11Cl2NO4/c18-9-5-6-13-11(7-9)15(22)17(23-8-14(20)21)16(24-13)10-3-1-2-4-12(10)19/h1-7H,8H2,(H2,20,21). The zero-order chi connectivity index (χ0) is 17.3. The molecule has 0 saturated heterocycles. The third-order valence-corrected chi connectivity index (χ3v) is 3.85. The molecule has 1 aromatic heterocycles. The van der Waals surface area contributed by atoms with Gasteiger partial charge in [-0.1, -0.05) is 35.3 Å². The molecule has 2 N–H and O–H groups in total. The minimum Gasteiger partial charge on any atom is -0.476 e. The van der Waals surface area contributed by atoms with Crippen LogP contribution < -0.4 is 15.9 Å². The van der Waals surface area contributed by atoms with Crippen molar-refractivity contribution >= 4 is 40.1 Å². The lowest BCUT2D eigenvalue weighted by atomic mass is 10.1. The van der Waals surface area contributed by atoms with Gasteiger partial charge in [0.15, 0.2) is 12.4 Å². The van der Waals surface area contributed by atoms with Gasteiger partial charge in [0, 0.05) is 10.6 Å². The molecule has 24 heavy (non-hydrogen) atoms. The van der Waals surface area contributed by atoms with E-state index < -0.39 is 17.9 Å². The van der Waals surface area contributed by atoms with Crippen LogP contribution in [0, 0.1) is 0 Å². The topological polar surface area (TPSA) is 82.5 Å². The van der Waals surface area contributed by atoms with E-state index in [4.69, 9.17) is 38.1 Å². The molecular weight excluding hydrogens is 353 g/mol. The van der Waals surface area contributed by atoms with E-state index in [0.717, 1.165) is 0 Å². The molecule has 2 aromatic carbocycles. The molecule has 5 nitrogen and oxygen atoms in total. The van der Waals surface area contributed by atoms with E-state index in [0.29, 0.717) is 21.2 Å². The summed E-state index contributed by atoms with van der Waals surface area (Å²) in [6.07, 6.45) is 0. The van der Waals surface area contributed by atoms with Gasteiger partial charge in [-0.05, 0) is 30.3 Å². The number of carbonyl (C=O) groups is 1. The average molecular weight is 364 g/mol. The highest BCUT2D eigenvalue weighted by Crippen LogP contribution is 2.35. The van der Waals surface area contributed by atoms with E-state index in [1.165, 1.54) is 6.07 Å². The van der Waals surface area contributed by atoms with Crippen LogP contribution in [0.15, 0.2) is 51.7 Å². The third kappa shape index (κ3) is 3.09. The summed E-state index contributed by atoms with van der Waals surface area (Å²) in [6, 6.07) is 11.5. The second-order valence-electron chi connectivity index (χ2n) is 4.96. The first kappa shape index (κ1) is 16.4. The summed E-state index contributed by atoms with van der Waals surface area (Å²) in [6.45, 7) is -0.464. The largest absolute Gasteiger partial charge is 0.476 e. The molecule has 3 aromatic rings. The molecule has 0 aliphatic heterocycles. The number of carbonyl (C=O) groups excluding carboxylic acids is 1. The van der Waals surface area contributed by atoms with E-state index in [1.807, 2.05) is 0 Å². The lowest BCUT2D eigenvalue weighted by Crippen LogP contribution is -2.22. The summed E-state index contributed by atoms with van der Waals surface area (Å²) in [5.41, 5.74) is 5.43. The Morgan fingerprint density at radius 3 is 2.62 bits per heavy atom. The monoisotopic (exact) mass is 363 g/mol. The van der Waals surface area contributed by atoms with Crippen LogP contribution in [-0.2, 0) is 4.79 Å². The van der Waals surface area contributed by atoms with Crippen molar-refractivity contribution in [2.75, 3.05) is 6.61 Å². The van der Waals surface area contributed by atoms with Crippen LogP contribution in [0.1, 0.15) is 0 Å². The molecule has 0 fully saturated rings. The van der Waals surface area contributed by atoms with Crippen LogP contribution >= 0.6 is 23.2 Å². The lowest BCUT2D eigenvalue weighted by molar-refractivity contribution is -0.119. The van der Waals surface area contributed by atoms with E-state index >= 15 is 0 Å². The molecule has 0 spiro atoms. The predicted molar refractivity (Wildman–Crippen MR) is 92.6 cm³/mol. The number of benzene rings is 2.